The summed E-state index contributed by atoms with van der Waals surface area (Å²) in [6.45, 7) is 3.05. The van der Waals surface area contributed by atoms with Crippen LogP contribution in [0.15, 0.2) is 65.6 Å². The second-order valence-electron chi connectivity index (χ2n) is 6.64. The van der Waals surface area contributed by atoms with Crippen LogP contribution < -0.4 is 0 Å². The molecule has 1 saturated heterocycles. The number of piperidine rings is 1. The maximum absolute atomic E-state index is 12.6. The molecule has 1 amide bonds. The molecule has 1 aliphatic rings. The molecule has 4 heteroatoms. The molecular weight excluding hydrogens is 330 g/mol. The van der Waals surface area contributed by atoms with Crippen molar-refractivity contribution in [1.29, 1.82) is 0 Å². The van der Waals surface area contributed by atoms with E-state index in [1.54, 1.807) is 18.7 Å². The molecule has 0 unspecified atom stereocenters. The number of carbonyl (C=O) groups is 2. The van der Waals surface area contributed by atoms with Crippen LogP contribution in [0.5, 0.6) is 0 Å². The molecule has 2 aromatic carbocycles. The molecule has 0 radical (unpaired) electrons. The number of hydrogen-bond donors (Lipinski definition) is 0. The van der Waals surface area contributed by atoms with E-state index in [-0.39, 0.29) is 16.4 Å². The summed E-state index contributed by atoms with van der Waals surface area (Å²) >= 11 is 1.79. The smallest absolute Gasteiger partial charge is 0.253 e. The molecule has 25 heavy (non-hydrogen) atoms. The number of carbonyl (C=O) groups excluding carboxylic acids is 2. The molecular formula is C21H23NO2S. The minimum Gasteiger partial charge on any atom is -0.339 e. The predicted octanol–water partition coefficient (Wildman–Crippen LogP) is 4.43. The molecule has 0 spiro atoms. The average Bonchev–Trinajstić information content (AvgIpc) is 2.63. The van der Waals surface area contributed by atoms with Crippen LogP contribution in [-0.2, 0) is 4.79 Å². The summed E-state index contributed by atoms with van der Waals surface area (Å²) in [6.07, 6.45) is 2.23. The Hall–Kier alpha value is -2.07. The topological polar surface area (TPSA) is 37.4 Å². The minimum absolute atomic E-state index is 0.0849. The summed E-state index contributed by atoms with van der Waals surface area (Å²) in [5, 5.41) is 0. The van der Waals surface area contributed by atoms with E-state index in [1.165, 1.54) is 4.90 Å². The highest BCUT2D eigenvalue weighted by Crippen LogP contribution is 2.43. The van der Waals surface area contributed by atoms with Gasteiger partial charge in [-0.15, -0.1) is 11.8 Å². The number of hydrogen-bond acceptors (Lipinski definition) is 3. The van der Waals surface area contributed by atoms with E-state index < -0.39 is 0 Å². The van der Waals surface area contributed by atoms with Crippen molar-refractivity contribution in [1.82, 2.24) is 4.90 Å². The van der Waals surface area contributed by atoms with E-state index in [9.17, 15) is 9.59 Å². The Bertz CT molecular complexity index is 722. The van der Waals surface area contributed by atoms with Gasteiger partial charge in [0, 0.05) is 34.7 Å². The van der Waals surface area contributed by atoms with Gasteiger partial charge in [0.2, 0.25) is 0 Å². The van der Waals surface area contributed by atoms with Crippen LogP contribution >= 0.6 is 11.8 Å². The van der Waals surface area contributed by atoms with E-state index in [0.29, 0.717) is 19.5 Å². The molecule has 0 atom stereocenters. The Labute approximate surface area is 153 Å². The van der Waals surface area contributed by atoms with Crippen LogP contribution in [0.25, 0.3) is 0 Å². The Morgan fingerprint density at radius 1 is 0.960 bits per heavy atom. The van der Waals surface area contributed by atoms with Gasteiger partial charge in [-0.1, -0.05) is 36.4 Å². The Kier molecular flexibility index (Phi) is 5.59. The van der Waals surface area contributed by atoms with Crippen LogP contribution in [0.4, 0.5) is 0 Å². The van der Waals surface area contributed by atoms with Gasteiger partial charge in [-0.25, -0.2) is 0 Å². The quantitative estimate of drug-likeness (QED) is 0.798. The van der Waals surface area contributed by atoms with Crippen molar-refractivity contribution in [3.8, 4) is 0 Å². The van der Waals surface area contributed by atoms with Gasteiger partial charge in [0.05, 0.1) is 0 Å². The highest BCUT2D eigenvalue weighted by atomic mass is 32.2. The van der Waals surface area contributed by atoms with Crippen LogP contribution in [0.1, 0.15) is 36.5 Å². The standard InChI is InChI=1S/C21H23NO2S/c1-17(23)16-21(25-19-10-6-3-7-11-19)12-14-22(15-13-21)20(24)18-8-4-2-5-9-18/h2-11H,12-16H2,1H3. The van der Waals surface area contributed by atoms with Gasteiger partial charge in [-0.05, 0) is 44.0 Å². The average molecular weight is 353 g/mol. The van der Waals surface area contributed by atoms with Crippen molar-refractivity contribution in [2.45, 2.75) is 35.8 Å². The SMILES string of the molecule is CC(=O)CC1(Sc2ccccc2)CCN(C(=O)c2ccccc2)CC1. The summed E-state index contributed by atoms with van der Waals surface area (Å²) in [7, 11) is 0. The maximum atomic E-state index is 12.6. The van der Waals surface area contributed by atoms with E-state index in [0.717, 1.165) is 18.4 Å². The number of likely N-dealkylation sites (tertiary alicyclic amines) is 1. The summed E-state index contributed by atoms with van der Waals surface area (Å²) in [5.74, 6) is 0.299. The molecule has 0 bridgehead atoms. The number of rotatable bonds is 5. The zero-order chi connectivity index (χ0) is 17.7. The number of Topliss-reactive ketones (excluding diaryl/α,β-unsaturated/α-hetero) is 1. The van der Waals surface area contributed by atoms with Crippen LogP contribution in [0.2, 0.25) is 0 Å². The number of benzene rings is 2. The lowest BCUT2D eigenvalue weighted by molar-refractivity contribution is -0.117. The second-order valence-corrected chi connectivity index (χ2v) is 8.18. The molecule has 0 aliphatic carbocycles. The fourth-order valence-electron chi connectivity index (χ4n) is 3.39. The van der Waals surface area contributed by atoms with Crippen molar-refractivity contribution in [3.63, 3.8) is 0 Å². The van der Waals surface area contributed by atoms with Crippen molar-refractivity contribution in [3.05, 3.63) is 66.2 Å². The van der Waals surface area contributed by atoms with Crippen molar-refractivity contribution < 1.29 is 9.59 Å². The van der Waals surface area contributed by atoms with Crippen LogP contribution in [0, 0.1) is 0 Å². The fourth-order valence-corrected chi connectivity index (χ4v) is 4.84. The van der Waals surface area contributed by atoms with Crippen molar-refractivity contribution in [2.75, 3.05) is 13.1 Å². The maximum Gasteiger partial charge on any atom is 0.253 e. The first-order chi connectivity index (χ1) is 12.1. The Balaban J connectivity index is 1.71. The lowest BCUT2D eigenvalue weighted by atomic mass is 9.90. The molecule has 3 rings (SSSR count). The number of nitrogens with zero attached hydrogens (tertiary/aromatic N) is 1. The van der Waals surface area contributed by atoms with E-state index in [2.05, 4.69) is 12.1 Å². The molecule has 0 N–H and O–H groups in total. The normalized spacial score (nSPS) is 16.4. The predicted molar refractivity (Wildman–Crippen MR) is 102 cm³/mol. The van der Waals surface area contributed by atoms with E-state index in [1.807, 2.05) is 53.4 Å². The lowest BCUT2D eigenvalue weighted by Crippen LogP contribution is -2.45. The molecule has 3 nitrogen and oxygen atoms in total. The molecule has 130 valence electrons. The summed E-state index contributed by atoms with van der Waals surface area (Å²) < 4.78 is -0.110. The van der Waals surface area contributed by atoms with Gasteiger partial charge >= 0.3 is 0 Å². The number of amides is 1. The zero-order valence-corrected chi connectivity index (χ0v) is 15.3. The molecule has 1 aliphatic heterocycles. The molecule has 0 aromatic heterocycles. The van der Waals surface area contributed by atoms with Gasteiger partial charge in [0.1, 0.15) is 5.78 Å². The number of ketones is 1. The third kappa shape index (κ3) is 4.51. The van der Waals surface area contributed by atoms with Crippen molar-refractivity contribution >= 4 is 23.5 Å². The highest BCUT2D eigenvalue weighted by Gasteiger charge is 2.38. The van der Waals surface area contributed by atoms with E-state index >= 15 is 0 Å². The third-order valence-corrected chi connectivity index (χ3v) is 6.12. The van der Waals surface area contributed by atoms with Crippen LogP contribution in [-0.4, -0.2) is 34.4 Å². The molecule has 2 aromatic rings. The zero-order valence-electron chi connectivity index (χ0n) is 14.5. The van der Waals surface area contributed by atoms with Crippen LogP contribution in [0.3, 0.4) is 0 Å². The monoisotopic (exact) mass is 353 g/mol. The first-order valence-electron chi connectivity index (χ1n) is 8.66. The molecule has 1 heterocycles. The highest BCUT2D eigenvalue weighted by molar-refractivity contribution is 8.00. The minimum atomic E-state index is -0.110. The van der Waals surface area contributed by atoms with Gasteiger partial charge < -0.3 is 4.90 Å². The second kappa shape index (κ2) is 7.87. The lowest BCUT2D eigenvalue weighted by Gasteiger charge is -2.41. The molecule has 0 saturated carbocycles. The van der Waals surface area contributed by atoms with Gasteiger partial charge in [0.25, 0.3) is 5.91 Å². The number of thioether (sulfide) groups is 1. The Morgan fingerprint density at radius 2 is 1.52 bits per heavy atom. The van der Waals surface area contributed by atoms with E-state index in [4.69, 9.17) is 0 Å². The summed E-state index contributed by atoms with van der Waals surface area (Å²) in [5.41, 5.74) is 0.734. The summed E-state index contributed by atoms with van der Waals surface area (Å²) in [4.78, 5) is 27.6. The van der Waals surface area contributed by atoms with Gasteiger partial charge in [0.15, 0.2) is 0 Å². The van der Waals surface area contributed by atoms with Crippen molar-refractivity contribution in [2.24, 2.45) is 0 Å². The third-order valence-electron chi connectivity index (χ3n) is 4.63. The molecule has 1 fully saturated rings. The first kappa shape index (κ1) is 17.7. The Morgan fingerprint density at radius 3 is 2.08 bits per heavy atom. The van der Waals surface area contributed by atoms with Gasteiger partial charge in [-0.3, -0.25) is 9.59 Å². The first-order valence-corrected chi connectivity index (χ1v) is 9.47. The van der Waals surface area contributed by atoms with Gasteiger partial charge in [-0.2, -0.15) is 0 Å². The largest absolute Gasteiger partial charge is 0.339 e. The summed E-state index contributed by atoms with van der Waals surface area (Å²) in [6, 6.07) is 19.7. The fraction of sp³-hybridized carbons (Fsp3) is 0.333.